The van der Waals surface area contributed by atoms with Crippen molar-refractivity contribution < 1.29 is 19.4 Å². The minimum Gasteiger partial charge on any atom is -0.507 e. The van der Waals surface area contributed by atoms with Crippen LogP contribution in [0.25, 0.3) is 5.76 Å². The molecule has 0 saturated carbocycles. The van der Waals surface area contributed by atoms with Gasteiger partial charge < -0.3 is 19.6 Å². The lowest BCUT2D eigenvalue weighted by Gasteiger charge is -2.26. The molecule has 180 valence electrons. The van der Waals surface area contributed by atoms with Gasteiger partial charge in [0.05, 0.1) is 11.6 Å². The number of ketones is 1. The number of carbonyl (C=O) groups excluding carboxylic acids is 2. The van der Waals surface area contributed by atoms with Crippen molar-refractivity contribution in [2.75, 3.05) is 27.2 Å². The zero-order valence-electron chi connectivity index (χ0n) is 20.3. The average molecular weight is 471 g/mol. The predicted molar refractivity (Wildman–Crippen MR) is 136 cm³/mol. The number of hydrogen-bond donors (Lipinski definition) is 1. The fourth-order valence-electron chi connectivity index (χ4n) is 4.25. The van der Waals surface area contributed by atoms with Crippen molar-refractivity contribution >= 4 is 17.4 Å². The maximum atomic E-state index is 13.1. The summed E-state index contributed by atoms with van der Waals surface area (Å²) in [5.41, 5.74) is 3.24. The van der Waals surface area contributed by atoms with Gasteiger partial charge in [0.15, 0.2) is 0 Å². The lowest BCUT2D eigenvalue weighted by atomic mass is 9.95. The molecule has 1 fully saturated rings. The number of hydrogen-bond acceptors (Lipinski definition) is 5. The Morgan fingerprint density at radius 1 is 0.971 bits per heavy atom. The fourth-order valence-corrected chi connectivity index (χ4v) is 4.25. The van der Waals surface area contributed by atoms with Gasteiger partial charge in [0.25, 0.3) is 11.7 Å². The van der Waals surface area contributed by atoms with Crippen molar-refractivity contribution in [2.24, 2.45) is 0 Å². The number of aliphatic hydroxyl groups is 1. The third kappa shape index (κ3) is 5.28. The van der Waals surface area contributed by atoms with Crippen molar-refractivity contribution in [3.63, 3.8) is 0 Å². The Kier molecular flexibility index (Phi) is 7.32. The normalized spacial score (nSPS) is 17.3. The van der Waals surface area contributed by atoms with Crippen LogP contribution >= 0.6 is 0 Å². The number of aryl methyl sites for hydroxylation is 1. The molecule has 6 heteroatoms. The molecule has 0 aromatic heterocycles. The number of likely N-dealkylation sites (tertiary alicyclic amines) is 1. The van der Waals surface area contributed by atoms with Crippen LogP contribution in [0.4, 0.5) is 0 Å². The van der Waals surface area contributed by atoms with Crippen LogP contribution in [-0.4, -0.2) is 53.8 Å². The number of likely N-dealkylation sites (N-methyl/N-ethyl adjacent to an activating group) is 1. The van der Waals surface area contributed by atoms with Crippen molar-refractivity contribution in [3.05, 3.63) is 107 Å². The van der Waals surface area contributed by atoms with Crippen molar-refractivity contribution in [1.29, 1.82) is 0 Å². The molecule has 1 unspecified atom stereocenters. The molecule has 0 radical (unpaired) electrons. The van der Waals surface area contributed by atoms with Gasteiger partial charge in [0.1, 0.15) is 18.1 Å². The highest BCUT2D eigenvalue weighted by Crippen LogP contribution is 2.39. The van der Waals surface area contributed by atoms with Crippen LogP contribution in [-0.2, 0) is 16.2 Å². The maximum Gasteiger partial charge on any atom is 0.295 e. The van der Waals surface area contributed by atoms with Gasteiger partial charge in [-0.15, -0.1) is 0 Å². The number of aliphatic hydroxyl groups excluding tert-OH is 1. The zero-order valence-corrected chi connectivity index (χ0v) is 20.3. The molecule has 3 aromatic rings. The monoisotopic (exact) mass is 470 g/mol. The van der Waals surface area contributed by atoms with E-state index in [2.05, 4.69) is 0 Å². The molecule has 1 N–H and O–H groups in total. The maximum absolute atomic E-state index is 13.1. The molecule has 4 rings (SSSR count). The van der Waals surface area contributed by atoms with E-state index in [9.17, 15) is 14.7 Å². The second kappa shape index (κ2) is 10.6. The van der Waals surface area contributed by atoms with Crippen molar-refractivity contribution in [2.45, 2.75) is 19.6 Å². The van der Waals surface area contributed by atoms with E-state index in [1.54, 1.807) is 23.1 Å². The summed E-state index contributed by atoms with van der Waals surface area (Å²) in [5.74, 6) is -0.752. The molecule has 3 aromatic carbocycles. The standard InChI is InChI=1S/C29H30N2O4/c1-20-18-23(14-15-24(20)35-19-21-10-6-4-7-11-21)27(32)25-26(22-12-8-5-9-13-22)31(17-16-30(2)3)29(34)28(25)33/h4-15,18,26,32H,16-17,19H2,1-3H3/b27-25-. The first-order valence-electron chi connectivity index (χ1n) is 11.6. The molecule has 35 heavy (non-hydrogen) atoms. The van der Waals surface area contributed by atoms with E-state index >= 15 is 0 Å². The summed E-state index contributed by atoms with van der Waals surface area (Å²) in [5, 5.41) is 11.3. The second-order valence-corrected chi connectivity index (χ2v) is 8.96. The highest BCUT2D eigenvalue weighted by atomic mass is 16.5. The summed E-state index contributed by atoms with van der Waals surface area (Å²) >= 11 is 0. The van der Waals surface area contributed by atoms with E-state index < -0.39 is 17.7 Å². The molecule has 6 nitrogen and oxygen atoms in total. The Balaban J connectivity index is 1.68. The van der Waals surface area contributed by atoms with Crippen LogP contribution in [0.5, 0.6) is 5.75 Å². The minimum absolute atomic E-state index is 0.109. The molecular weight excluding hydrogens is 440 g/mol. The van der Waals surface area contributed by atoms with Crippen LogP contribution in [0, 0.1) is 6.92 Å². The highest BCUT2D eigenvalue weighted by Gasteiger charge is 2.45. The quantitative estimate of drug-likeness (QED) is 0.297. The lowest BCUT2D eigenvalue weighted by molar-refractivity contribution is -0.140. The van der Waals surface area contributed by atoms with Gasteiger partial charge in [-0.05, 0) is 55.9 Å². The number of amides is 1. The first kappa shape index (κ1) is 24.2. The summed E-state index contributed by atoms with van der Waals surface area (Å²) in [6, 6.07) is 23.9. The molecule has 1 aliphatic rings. The summed E-state index contributed by atoms with van der Waals surface area (Å²) in [4.78, 5) is 29.6. The SMILES string of the molecule is Cc1cc(/C(O)=C2/C(=O)C(=O)N(CCN(C)C)C2c2ccccc2)ccc1OCc1ccccc1. The van der Waals surface area contributed by atoms with Crippen molar-refractivity contribution in [3.8, 4) is 5.75 Å². The van der Waals surface area contributed by atoms with Gasteiger partial charge in [-0.2, -0.15) is 0 Å². The molecule has 1 aliphatic heterocycles. The Morgan fingerprint density at radius 3 is 2.26 bits per heavy atom. The molecule has 1 saturated heterocycles. The molecule has 0 spiro atoms. The van der Waals surface area contributed by atoms with E-state index in [1.807, 2.05) is 86.6 Å². The topological polar surface area (TPSA) is 70.1 Å². The van der Waals surface area contributed by atoms with Crippen LogP contribution in [0.15, 0.2) is 84.4 Å². The van der Waals surface area contributed by atoms with Crippen molar-refractivity contribution in [1.82, 2.24) is 9.80 Å². The Bertz CT molecular complexity index is 1240. The minimum atomic E-state index is -0.669. The van der Waals surface area contributed by atoms with Gasteiger partial charge in [-0.1, -0.05) is 60.7 Å². The van der Waals surface area contributed by atoms with E-state index in [-0.39, 0.29) is 11.3 Å². The molecule has 1 amide bonds. The van der Waals surface area contributed by atoms with E-state index in [1.165, 1.54) is 0 Å². The number of carbonyl (C=O) groups is 2. The van der Waals surface area contributed by atoms with Gasteiger partial charge in [0.2, 0.25) is 0 Å². The average Bonchev–Trinajstić information content (AvgIpc) is 3.12. The van der Waals surface area contributed by atoms with Crippen LogP contribution in [0.2, 0.25) is 0 Å². The Hall–Kier alpha value is -3.90. The number of rotatable bonds is 8. The number of ether oxygens (including phenoxy) is 1. The first-order chi connectivity index (χ1) is 16.9. The van der Waals surface area contributed by atoms with E-state index in [4.69, 9.17) is 4.74 Å². The lowest BCUT2D eigenvalue weighted by Crippen LogP contribution is -2.35. The highest BCUT2D eigenvalue weighted by molar-refractivity contribution is 6.46. The van der Waals surface area contributed by atoms with Crippen LogP contribution < -0.4 is 4.74 Å². The van der Waals surface area contributed by atoms with Gasteiger partial charge >= 0.3 is 0 Å². The molecular formula is C29H30N2O4. The van der Waals surface area contributed by atoms with Gasteiger partial charge in [-0.3, -0.25) is 9.59 Å². The largest absolute Gasteiger partial charge is 0.507 e. The van der Waals surface area contributed by atoms with E-state index in [0.29, 0.717) is 31.0 Å². The van der Waals surface area contributed by atoms with Gasteiger partial charge in [0, 0.05) is 18.7 Å². The smallest absolute Gasteiger partial charge is 0.295 e. The first-order valence-corrected chi connectivity index (χ1v) is 11.6. The van der Waals surface area contributed by atoms with Gasteiger partial charge in [-0.25, -0.2) is 0 Å². The summed E-state index contributed by atoms with van der Waals surface area (Å²) < 4.78 is 5.95. The van der Waals surface area contributed by atoms with E-state index in [0.717, 1.165) is 16.7 Å². The zero-order chi connectivity index (χ0) is 24.9. The predicted octanol–water partition coefficient (Wildman–Crippen LogP) is 4.56. The second-order valence-electron chi connectivity index (χ2n) is 8.96. The molecule has 1 heterocycles. The number of nitrogens with zero attached hydrogens (tertiary/aromatic N) is 2. The summed E-state index contributed by atoms with van der Waals surface area (Å²) in [7, 11) is 3.83. The molecule has 0 bridgehead atoms. The summed E-state index contributed by atoms with van der Waals surface area (Å²) in [6.45, 7) is 3.29. The fraction of sp³-hybridized carbons (Fsp3) is 0.241. The number of benzene rings is 3. The Morgan fingerprint density at radius 2 is 1.63 bits per heavy atom. The number of Topliss-reactive ketones (excluding diaryl/α,β-unsaturated/α-hetero) is 1. The molecule has 1 atom stereocenters. The third-order valence-electron chi connectivity index (χ3n) is 6.13. The summed E-state index contributed by atoms with van der Waals surface area (Å²) in [6.07, 6.45) is 0. The van der Waals surface area contributed by atoms with Crippen LogP contribution in [0.1, 0.15) is 28.3 Å². The van der Waals surface area contributed by atoms with Crippen LogP contribution in [0.3, 0.4) is 0 Å². The Labute approximate surface area is 206 Å². The molecule has 0 aliphatic carbocycles. The third-order valence-corrected chi connectivity index (χ3v) is 6.13.